The number of halogens is 1. The number of carbonyl (C=O) groups is 1. The number of piperidine rings is 1. The topological polar surface area (TPSA) is 91.0 Å². The summed E-state index contributed by atoms with van der Waals surface area (Å²) in [7, 11) is -3.71. The Morgan fingerprint density at radius 1 is 1.00 bits per heavy atom. The number of hydrogen-bond donors (Lipinski definition) is 2. The lowest BCUT2D eigenvalue weighted by Crippen LogP contribution is -2.45. The Hall–Kier alpha value is -2.53. The van der Waals surface area contributed by atoms with Crippen LogP contribution in [-0.2, 0) is 14.8 Å². The van der Waals surface area contributed by atoms with Gasteiger partial charge in [-0.25, -0.2) is 17.5 Å². The first-order valence-electron chi connectivity index (χ1n) is 11.6. The van der Waals surface area contributed by atoms with E-state index in [0.29, 0.717) is 38.0 Å². The predicted molar refractivity (Wildman–Crippen MR) is 128 cm³/mol. The van der Waals surface area contributed by atoms with Crippen LogP contribution in [0.15, 0.2) is 53.4 Å². The van der Waals surface area contributed by atoms with Gasteiger partial charge in [-0.1, -0.05) is 12.1 Å². The van der Waals surface area contributed by atoms with Crippen molar-refractivity contribution in [2.75, 3.05) is 57.4 Å². The second kappa shape index (κ2) is 11.3. The van der Waals surface area contributed by atoms with E-state index in [1.54, 1.807) is 0 Å². The number of hydrogen-bond acceptors (Lipinski definition) is 6. The average Bonchev–Trinajstić information content (AvgIpc) is 2.85. The zero-order chi connectivity index (χ0) is 24.0. The van der Waals surface area contributed by atoms with Gasteiger partial charge in [0.2, 0.25) is 10.0 Å². The lowest BCUT2D eigenvalue weighted by atomic mass is 10.0. The summed E-state index contributed by atoms with van der Waals surface area (Å²) < 4.78 is 46.4. The van der Waals surface area contributed by atoms with Gasteiger partial charge in [0.05, 0.1) is 23.7 Å². The van der Waals surface area contributed by atoms with Crippen LogP contribution in [0.5, 0.6) is 0 Å². The fraction of sp³-hybridized carbons (Fsp3) is 0.458. The number of nitrogens with one attached hydrogen (secondary N) is 2. The Morgan fingerprint density at radius 2 is 1.68 bits per heavy atom. The van der Waals surface area contributed by atoms with E-state index in [2.05, 4.69) is 19.8 Å². The first-order valence-corrected chi connectivity index (χ1v) is 13.1. The van der Waals surface area contributed by atoms with E-state index in [9.17, 15) is 17.6 Å². The summed E-state index contributed by atoms with van der Waals surface area (Å²) >= 11 is 0. The van der Waals surface area contributed by atoms with Crippen LogP contribution in [0.2, 0.25) is 0 Å². The minimum absolute atomic E-state index is 0.0513. The monoisotopic (exact) mass is 490 g/mol. The van der Waals surface area contributed by atoms with Crippen LogP contribution in [0.4, 0.5) is 10.1 Å². The van der Waals surface area contributed by atoms with E-state index in [0.717, 1.165) is 50.7 Å². The summed E-state index contributed by atoms with van der Waals surface area (Å²) in [6, 6.07) is 12.1. The van der Waals surface area contributed by atoms with Gasteiger partial charge >= 0.3 is 0 Å². The van der Waals surface area contributed by atoms with E-state index >= 15 is 0 Å². The molecule has 0 aromatic heterocycles. The summed E-state index contributed by atoms with van der Waals surface area (Å²) in [5.41, 5.74) is 1.47. The van der Waals surface area contributed by atoms with Crippen molar-refractivity contribution in [3.05, 3.63) is 59.9 Å². The van der Waals surface area contributed by atoms with Gasteiger partial charge in [0.15, 0.2) is 0 Å². The molecule has 0 bridgehead atoms. The third kappa shape index (κ3) is 6.32. The second-order valence-corrected chi connectivity index (χ2v) is 10.3. The third-order valence-corrected chi connectivity index (χ3v) is 7.78. The highest BCUT2D eigenvalue weighted by Gasteiger charge is 2.26. The number of benzene rings is 2. The Bertz CT molecular complexity index is 1070. The van der Waals surface area contributed by atoms with Crippen LogP contribution in [0.1, 0.15) is 23.2 Å². The van der Waals surface area contributed by atoms with Gasteiger partial charge in [0, 0.05) is 51.0 Å². The number of para-hydroxylation sites is 1. The number of amides is 1. The first kappa shape index (κ1) is 24.6. The molecule has 2 aliphatic rings. The molecule has 0 saturated carbocycles. The van der Waals surface area contributed by atoms with Crippen molar-refractivity contribution in [1.29, 1.82) is 0 Å². The highest BCUT2D eigenvalue weighted by atomic mass is 32.2. The maximum absolute atomic E-state index is 13.1. The van der Waals surface area contributed by atoms with Crippen LogP contribution in [-0.4, -0.2) is 77.7 Å². The van der Waals surface area contributed by atoms with Crippen molar-refractivity contribution in [2.24, 2.45) is 0 Å². The normalized spacial score (nSPS) is 18.1. The number of nitrogens with zero attached hydrogens (tertiary/aromatic N) is 2. The highest BCUT2D eigenvalue weighted by molar-refractivity contribution is 7.89. The second-order valence-electron chi connectivity index (χ2n) is 8.56. The molecular weight excluding hydrogens is 459 g/mol. The molecular formula is C24H31FN4O4S. The van der Waals surface area contributed by atoms with Crippen LogP contribution in [0.3, 0.4) is 0 Å². The summed E-state index contributed by atoms with van der Waals surface area (Å²) in [6.07, 6.45) is 1.21. The Kier molecular flexibility index (Phi) is 8.15. The average molecular weight is 491 g/mol. The molecule has 0 radical (unpaired) electrons. The molecule has 10 heteroatoms. The van der Waals surface area contributed by atoms with E-state index in [-0.39, 0.29) is 16.8 Å². The maximum atomic E-state index is 13.1. The molecule has 34 heavy (non-hydrogen) atoms. The van der Waals surface area contributed by atoms with E-state index in [4.69, 9.17) is 4.74 Å². The molecule has 2 aromatic rings. The molecule has 2 saturated heterocycles. The standard InChI is InChI=1S/C24H31FN4O4S/c25-19-5-7-21(8-6-19)34(31,32)27-20-9-12-29(13-10-20)23-4-2-1-3-22(23)24(30)26-11-14-28-15-17-33-18-16-28/h1-8,20,27H,9-18H2,(H,26,30). The molecule has 2 heterocycles. The minimum Gasteiger partial charge on any atom is -0.379 e. The lowest BCUT2D eigenvalue weighted by molar-refractivity contribution is 0.0383. The Balaban J connectivity index is 1.31. The van der Waals surface area contributed by atoms with Crippen LogP contribution in [0.25, 0.3) is 0 Å². The predicted octanol–water partition coefficient (Wildman–Crippen LogP) is 1.84. The minimum atomic E-state index is -3.71. The molecule has 2 aliphatic heterocycles. The van der Waals surface area contributed by atoms with Crippen LogP contribution >= 0.6 is 0 Å². The molecule has 2 aromatic carbocycles. The van der Waals surface area contributed by atoms with Crippen molar-refractivity contribution in [3.8, 4) is 0 Å². The SMILES string of the molecule is O=C(NCCN1CCOCC1)c1ccccc1N1CCC(NS(=O)(=O)c2ccc(F)cc2)CC1. The molecule has 2 N–H and O–H groups in total. The van der Waals surface area contributed by atoms with Gasteiger partial charge in [-0.3, -0.25) is 9.69 Å². The smallest absolute Gasteiger partial charge is 0.253 e. The molecule has 1 amide bonds. The van der Waals surface area contributed by atoms with E-state index in [1.807, 2.05) is 24.3 Å². The largest absolute Gasteiger partial charge is 0.379 e. The van der Waals surface area contributed by atoms with Crippen molar-refractivity contribution in [2.45, 2.75) is 23.8 Å². The molecule has 2 fully saturated rings. The van der Waals surface area contributed by atoms with Gasteiger partial charge in [0.25, 0.3) is 5.91 Å². The summed E-state index contributed by atoms with van der Waals surface area (Å²) in [4.78, 5) is 17.3. The van der Waals surface area contributed by atoms with Crippen molar-refractivity contribution in [1.82, 2.24) is 14.9 Å². The van der Waals surface area contributed by atoms with E-state index < -0.39 is 15.8 Å². The van der Waals surface area contributed by atoms with Crippen molar-refractivity contribution < 1.29 is 22.3 Å². The third-order valence-electron chi connectivity index (χ3n) is 6.25. The molecule has 4 rings (SSSR count). The number of sulfonamides is 1. The van der Waals surface area contributed by atoms with Crippen LogP contribution in [0, 0.1) is 5.82 Å². The van der Waals surface area contributed by atoms with Gasteiger partial charge in [0.1, 0.15) is 5.82 Å². The molecule has 0 aliphatic carbocycles. The molecule has 184 valence electrons. The fourth-order valence-corrected chi connectivity index (χ4v) is 5.63. The molecule has 0 atom stereocenters. The van der Waals surface area contributed by atoms with Gasteiger partial charge in [-0.05, 0) is 49.2 Å². The van der Waals surface area contributed by atoms with Crippen LogP contribution < -0.4 is 14.9 Å². The molecule has 8 nitrogen and oxygen atoms in total. The van der Waals surface area contributed by atoms with Gasteiger partial charge < -0.3 is 15.0 Å². The first-order chi connectivity index (χ1) is 16.4. The van der Waals surface area contributed by atoms with Gasteiger partial charge in [-0.15, -0.1) is 0 Å². The lowest BCUT2D eigenvalue weighted by Gasteiger charge is -2.34. The number of carbonyl (C=O) groups excluding carboxylic acids is 1. The summed E-state index contributed by atoms with van der Waals surface area (Å²) in [6.45, 7) is 5.82. The fourth-order valence-electron chi connectivity index (χ4n) is 4.33. The van der Waals surface area contributed by atoms with Gasteiger partial charge in [-0.2, -0.15) is 0 Å². The number of rotatable bonds is 8. The number of anilines is 1. The van der Waals surface area contributed by atoms with Crippen molar-refractivity contribution in [3.63, 3.8) is 0 Å². The van der Waals surface area contributed by atoms with E-state index in [1.165, 1.54) is 12.1 Å². The molecule has 0 unspecified atom stereocenters. The zero-order valence-electron chi connectivity index (χ0n) is 19.1. The quantitative estimate of drug-likeness (QED) is 0.587. The van der Waals surface area contributed by atoms with Crippen molar-refractivity contribution >= 4 is 21.6 Å². The Morgan fingerprint density at radius 3 is 2.38 bits per heavy atom. The number of ether oxygens (including phenoxy) is 1. The zero-order valence-corrected chi connectivity index (χ0v) is 19.9. The Labute approximate surface area is 200 Å². The maximum Gasteiger partial charge on any atom is 0.253 e. The highest BCUT2D eigenvalue weighted by Crippen LogP contribution is 2.25. The molecule has 0 spiro atoms. The summed E-state index contributed by atoms with van der Waals surface area (Å²) in [5, 5.41) is 3.02. The summed E-state index contributed by atoms with van der Waals surface area (Å²) in [5.74, 6) is -0.584. The number of morpholine rings is 1.